The maximum Gasteiger partial charge on any atom is 0.134 e. The summed E-state index contributed by atoms with van der Waals surface area (Å²) in [6, 6.07) is 9.76. The number of aliphatic hydroxyl groups excluding tert-OH is 1. The summed E-state index contributed by atoms with van der Waals surface area (Å²) < 4.78 is 11.0. The number of fused-ring (bicyclic) bond motifs is 1. The zero-order valence-electron chi connectivity index (χ0n) is 12.2. The summed E-state index contributed by atoms with van der Waals surface area (Å²) in [5.74, 6) is 1.43. The molecule has 0 aliphatic rings. The summed E-state index contributed by atoms with van der Waals surface area (Å²) in [7, 11) is 0. The Morgan fingerprint density at radius 3 is 2.76 bits per heavy atom. The van der Waals surface area contributed by atoms with Crippen LogP contribution in [-0.4, -0.2) is 11.7 Å². The summed E-state index contributed by atoms with van der Waals surface area (Å²) in [5, 5.41) is 14.2. The Balaban J connectivity index is 1.63. The van der Waals surface area contributed by atoms with Gasteiger partial charge in [-0.25, -0.2) is 0 Å². The average Bonchev–Trinajstić information content (AvgIpc) is 3.08. The molecule has 0 aliphatic carbocycles. The molecule has 2 heterocycles. The van der Waals surface area contributed by atoms with Crippen molar-refractivity contribution in [3.05, 3.63) is 59.2 Å². The minimum Gasteiger partial charge on any atom is -0.467 e. The molecule has 1 aromatic carbocycles. The van der Waals surface area contributed by atoms with Crippen molar-refractivity contribution in [3.63, 3.8) is 0 Å². The van der Waals surface area contributed by atoms with Gasteiger partial charge in [0.1, 0.15) is 23.2 Å². The molecule has 0 spiro atoms. The number of benzene rings is 1. The highest BCUT2D eigenvalue weighted by Crippen LogP contribution is 2.23. The highest BCUT2D eigenvalue weighted by Gasteiger charge is 2.10. The van der Waals surface area contributed by atoms with E-state index in [0.717, 1.165) is 16.7 Å². The number of hydrogen-bond acceptors (Lipinski definition) is 4. The molecule has 0 saturated heterocycles. The van der Waals surface area contributed by atoms with Crippen LogP contribution in [0.1, 0.15) is 28.8 Å². The molecule has 0 amide bonds. The largest absolute Gasteiger partial charge is 0.467 e. The van der Waals surface area contributed by atoms with Crippen LogP contribution < -0.4 is 5.32 Å². The molecule has 0 aliphatic heterocycles. The van der Waals surface area contributed by atoms with E-state index in [-0.39, 0.29) is 0 Å². The van der Waals surface area contributed by atoms with Gasteiger partial charge in [-0.15, -0.1) is 0 Å². The number of aliphatic hydroxyl groups is 1. The predicted molar refractivity (Wildman–Crippen MR) is 81.1 cm³/mol. The van der Waals surface area contributed by atoms with Gasteiger partial charge in [-0.2, -0.15) is 0 Å². The van der Waals surface area contributed by atoms with Gasteiger partial charge in [0.15, 0.2) is 0 Å². The van der Waals surface area contributed by atoms with Crippen LogP contribution in [0.15, 0.2) is 45.4 Å². The average molecular weight is 285 g/mol. The van der Waals surface area contributed by atoms with E-state index < -0.39 is 6.10 Å². The SMILES string of the molecule is Cc1cc2cc(CNCC(O)c3ccco3)oc2cc1C. The number of aryl methyl sites for hydroxylation is 2. The maximum atomic E-state index is 9.91. The zero-order chi connectivity index (χ0) is 14.8. The molecule has 21 heavy (non-hydrogen) atoms. The van der Waals surface area contributed by atoms with E-state index in [4.69, 9.17) is 8.83 Å². The molecule has 3 aromatic rings. The lowest BCUT2D eigenvalue weighted by Gasteiger charge is -2.07. The van der Waals surface area contributed by atoms with Gasteiger partial charge < -0.3 is 19.3 Å². The highest BCUT2D eigenvalue weighted by atomic mass is 16.4. The van der Waals surface area contributed by atoms with E-state index >= 15 is 0 Å². The fourth-order valence-corrected chi connectivity index (χ4v) is 2.36. The molecular formula is C17H19NO3. The van der Waals surface area contributed by atoms with E-state index in [1.165, 1.54) is 11.1 Å². The normalized spacial score (nSPS) is 12.9. The van der Waals surface area contributed by atoms with E-state index in [0.29, 0.717) is 18.8 Å². The van der Waals surface area contributed by atoms with E-state index in [1.54, 1.807) is 18.4 Å². The Bertz CT molecular complexity index is 689. The second-order valence-corrected chi connectivity index (χ2v) is 5.35. The molecule has 0 fully saturated rings. The minimum atomic E-state index is -0.645. The molecule has 0 radical (unpaired) electrons. The summed E-state index contributed by atoms with van der Waals surface area (Å²) in [5.41, 5.74) is 3.39. The molecule has 4 heteroatoms. The van der Waals surface area contributed by atoms with Crippen molar-refractivity contribution in [1.29, 1.82) is 0 Å². The van der Waals surface area contributed by atoms with Crippen LogP contribution in [0, 0.1) is 13.8 Å². The van der Waals surface area contributed by atoms with Gasteiger partial charge in [0, 0.05) is 11.9 Å². The fourth-order valence-electron chi connectivity index (χ4n) is 2.36. The predicted octanol–water partition coefficient (Wildman–Crippen LogP) is 3.47. The molecule has 1 atom stereocenters. The van der Waals surface area contributed by atoms with Crippen molar-refractivity contribution < 1.29 is 13.9 Å². The standard InChI is InChI=1S/C17H19NO3/c1-11-6-13-8-14(21-17(13)7-12(11)2)9-18-10-15(19)16-4-3-5-20-16/h3-8,15,18-19H,9-10H2,1-2H3. The number of rotatable bonds is 5. The van der Waals surface area contributed by atoms with Crippen LogP contribution >= 0.6 is 0 Å². The van der Waals surface area contributed by atoms with Gasteiger partial charge in [-0.1, -0.05) is 0 Å². The Kier molecular flexibility index (Phi) is 3.82. The van der Waals surface area contributed by atoms with Crippen LogP contribution in [0.25, 0.3) is 11.0 Å². The lowest BCUT2D eigenvalue weighted by Crippen LogP contribution is -2.20. The van der Waals surface area contributed by atoms with Crippen molar-refractivity contribution in [2.45, 2.75) is 26.5 Å². The van der Waals surface area contributed by atoms with Gasteiger partial charge in [0.05, 0.1) is 12.8 Å². The molecule has 2 N–H and O–H groups in total. The first-order valence-corrected chi connectivity index (χ1v) is 7.05. The Morgan fingerprint density at radius 1 is 1.19 bits per heavy atom. The maximum absolute atomic E-state index is 9.91. The number of nitrogens with one attached hydrogen (secondary N) is 1. The second kappa shape index (κ2) is 5.76. The van der Waals surface area contributed by atoms with E-state index in [1.807, 2.05) is 6.07 Å². The van der Waals surface area contributed by atoms with Crippen LogP contribution in [0.2, 0.25) is 0 Å². The monoisotopic (exact) mass is 285 g/mol. The molecule has 110 valence electrons. The minimum absolute atomic E-state index is 0.419. The van der Waals surface area contributed by atoms with Gasteiger partial charge in [0.2, 0.25) is 0 Å². The van der Waals surface area contributed by atoms with Crippen molar-refractivity contribution in [3.8, 4) is 0 Å². The topological polar surface area (TPSA) is 58.5 Å². The second-order valence-electron chi connectivity index (χ2n) is 5.35. The molecule has 0 bridgehead atoms. The third-order valence-electron chi connectivity index (χ3n) is 3.69. The summed E-state index contributed by atoms with van der Waals surface area (Å²) in [6.45, 7) is 5.17. The molecular weight excluding hydrogens is 266 g/mol. The molecule has 0 saturated carbocycles. The quantitative estimate of drug-likeness (QED) is 0.753. The third-order valence-corrected chi connectivity index (χ3v) is 3.69. The summed E-state index contributed by atoms with van der Waals surface area (Å²) in [4.78, 5) is 0. The Labute approximate surface area is 123 Å². The van der Waals surface area contributed by atoms with E-state index in [2.05, 4.69) is 31.3 Å². The highest BCUT2D eigenvalue weighted by molar-refractivity contribution is 5.79. The number of furan rings is 2. The first kappa shape index (κ1) is 13.9. The van der Waals surface area contributed by atoms with Crippen LogP contribution in [0.4, 0.5) is 0 Å². The lowest BCUT2D eigenvalue weighted by molar-refractivity contribution is 0.146. The summed E-state index contributed by atoms with van der Waals surface area (Å²) in [6.07, 6.45) is 0.913. The van der Waals surface area contributed by atoms with Crippen LogP contribution in [0.5, 0.6) is 0 Å². The van der Waals surface area contributed by atoms with Crippen molar-refractivity contribution in [2.75, 3.05) is 6.54 Å². The van der Waals surface area contributed by atoms with Crippen molar-refractivity contribution >= 4 is 11.0 Å². The first-order chi connectivity index (χ1) is 10.1. The third kappa shape index (κ3) is 3.01. The first-order valence-electron chi connectivity index (χ1n) is 7.05. The van der Waals surface area contributed by atoms with Crippen LogP contribution in [0.3, 0.4) is 0 Å². The number of hydrogen-bond donors (Lipinski definition) is 2. The van der Waals surface area contributed by atoms with Crippen molar-refractivity contribution in [1.82, 2.24) is 5.32 Å². The van der Waals surface area contributed by atoms with Gasteiger partial charge in [0.25, 0.3) is 0 Å². The van der Waals surface area contributed by atoms with Gasteiger partial charge >= 0.3 is 0 Å². The Morgan fingerprint density at radius 2 is 2.00 bits per heavy atom. The summed E-state index contributed by atoms with van der Waals surface area (Å²) >= 11 is 0. The van der Waals surface area contributed by atoms with Gasteiger partial charge in [-0.05, 0) is 55.3 Å². The lowest BCUT2D eigenvalue weighted by atomic mass is 10.1. The van der Waals surface area contributed by atoms with E-state index in [9.17, 15) is 5.11 Å². The fraction of sp³-hybridized carbons (Fsp3) is 0.294. The van der Waals surface area contributed by atoms with Crippen molar-refractivity contribution in [2.24, 2.45) is 0 Å². The molecule has 1 unspecified atom stereocenters. The molecule has 3 rings (SSSR count). The zero-order valence-corrected chi connectivity index (χ0v) is 12.2. The van der Waals surface area contributed by atoms with Crippen LogP contribution in [-0.2, 0) is 6.54 Å². The molecule has 2 aromatic heterocycles. The van der Waals surface area contributed by atoms with Gasteiger partial charge in [-0.3, -0.25) is 0 Å². The Hall–Kier alpha value is -2.04. The molecule has 4 nitrogen and oxygen atoms in total. The smallest absolute Gasteiger partial charge is 0.134 e.